The number of aliphatic imine (C=N–C) groups is 1. The molecular formula is C14H20FN7. The Morgan fingerprint density at radius 3 is 2.82 bits per heavy atom. The number of aryl methyl sites for hydroxylation is 1. The van der Waals surface area contributed by atoms with Gasteiger partial charge in [-0.15, -0.1) is 10.2 Å². The van der Waals surface area contributed by atoms with Gasteiger partial charge in [-0.3, -0.25) is 4.98 Å². The molecule has 8 heteroatoms. The van der Waals surface area contributed by atoms with Crippen LogP contribution in [0.4, 0.5) is 4.39 Å². The summed E-state index contributed by atoms with van der Waals surface area (Å²) >= 11 is 0. The highest BCUT2D eigenvalue weighted by molar-refractivity contribution is 5.79. The van der Waals surface area contributed by atoms with Crippen LogP contribution >= 0.6 is 0 Å². The molecule has 2 aromatic heterocycles. The molecule has 2 N–H and O–H groups in total. The van der Waals surface area contributed by atoms with Gasteiger partial charge in [-0.1, -0.05) is 0 Å². The number of hydrogen-bond donors (Lipinski definition) is 2. The Morgan fingerprint density at radius 1 is 1.36 bits per heavy atom. The van der Waals surface area contributed by atoms with Crippen molar-refractivity contribution in [2.75, 3.05) is 6.54 Å². The highest BCUT2D eigenvalue weighted by Gasteiger charge is 2.06. The van der Waals surface area contributed by atoms with E-state index in [2.05, 4.69) is 30.8 Å². The van der Waals surface area contributed by atoms with Crippen LogP contribution in [-0.4, -0.2) is 32.3 Å². The fourth-order valence-electron chi connectivity index (χ4n) is 1.80. The number of hydrogen-bond acceptors (Lipinski definition) is 4. The molecule has 2 heterocycles. The summed E-state index contributed by atoms with van der Waals surface area (Å²) in [5, 5.41) is 14.3. The van der Waals surface area contributed by atoms with Gasteiger partial charge in [0.2, 0.25) is 0 Å². The van der Waals surface area contributed by atoms with Crippen molar-refractivity contribution < 1.29 is 4.39 Å². The molecule has 0 aromatic carbocycles. The first-order chi connectivity index (χ1) is 10.6. The van der Waals surface area contributed by atoms with Gasteiger partial charge in [0, 0.05) is 19.8 Å². The van der Waals surface area contributed by atoms with Crippen LogP contribution < -0.4 is 10.6 Å². The number of guanidine groups is 1. The molecule has 2 rings (SSSR count). The highest BCUT2D eigenvalue weighted by atomic mass is 19.1. The molecule has 0 unspecified atom stereocenters. The quantitative estimate of drug-likeness (QED) is 0.634. The van der Waals surface area contributed by atoms with Crippen LogP contribution in [-0.2, 0) is 20.1 Å². The van der Waals surface area contributed by atoms with Gasteiger partial charge in [-0.2, -0.15) is 0 Å². The maximum Gasteiger partial charge on any atom is 0.192 e. The van der Waals surface area contributed by atoms with Crippen LogP contribution in [0, 0.1) is 12.7 Å². The molecular weight excluding hydrogens is 285 g/mol. The van der Waals surface area contributed by atoms with E-state index < -0.39 is 0 Å². The van der Waals surface area contributed by atoms with E-state index in [1.54, 1.807) is 12.3 Å². The largest absolute Gasteiger partial charge is 0.357 e. The van der Waals surface area contributed by atoms with Crippen molar-refractivity contribution >= 4 is 5.96 Å². The normalized spacial score (nSPS) is 11.5. The van der Waals surface area contributed by atoms with E-state index in [0.717, 1.165) is 11.6 Å². The van der Waals surface area contributed by atoms with Crippen molar-refractivity contribution in [1.82, 2.24) is 30.4 Å². The second-order valence-electron chi connectivity index (χ2n) is 4.70. The van der Waals surface area contributed by atoms with E-state index in [1.807, 2.05) is 25.5 Å². The minimum absolute atomic E-state index is 0.167. The smallest absolute Gasteiger partial charge is 0.192 e. The first kappa shape index (κ1) is 15.9. The summed E-state index contributed by atoms with van der Waals surface area (Å²) in [5.74, 6) is 1.86. The van der Waals surface area contributed by atoms with Crippen molar-refractivity contribution in [2.45, 2.75) is 26.9 Å². The monoisotopic (exact) mass is 305 g/mol. The molecule has 0 saturated heterocycles. The number of halogens is 1. The Hall–Kier alpha value is -2.51. The number of nitrogens with zero attached hydrogens (tertiary/aromatic N) is 5. The summed E-state index contributed by atoms with van der Waals surface area (Å²) in [6, 6.07) is 2.93. The minimum Gasteiger partial charge on any atom is -0.357 e. The third-order valence-electron chi connectivity index (χ3n) is 3.16. The fraction of sp³-hybridized carbons (Fsp3) is 0.429. The predicted molar refractivity (Wildman–Crippen MR) is 81.6 cm³/mol. The molecule has 22 heavy (non-hydrogen) atoms. The molecule has 0 amide bonds. The average molecular weight is 305 g/mol. The molecule has 0 saturated carbocycles. The van der Waals surface area contributed by atoms with Gasteiger partial charge in [0.05, 0.1) is 18.8 Å². The van der Waals surface area contributed by atoms with Crippen LogP contribution in [0.15, 0.2) is 23.3 Å². The van der Waals surface area contributed by atoms with E-state index in [1.165, 1.54) is 6.07 Å². The molecule has 0 fully saturated rings. The summed E-state index contributed by atoms with van der Waals surface area (Å²) in [4.78, 5) is 8.31. The Kier molecular flexibility index (Phi) is 5.40. The number of pyridine rings is 1. The first-order valence-electron chi connectivity index (χ1n) is 7.08. The predicted octanol–water partition coefficient (Wildman–Crippen LogP) is 0.913. The molecule has 118 valence electrons. The van der Waals surface area contributed by atoms with Crippen LogP contribution in [0.3, 0.4) is 0 Å². The average Bonchev–Trinajstić information content (AvgIpc) is 2.83. The summed E-state index contributed by atoms with van der Waals surface area (Å²) in [7, 11) is 1.90. The molecule has 0 atom stereocenters. The number of nitrogens with one attached hydrogen (secondary N) is 2. The Bertz CT molecular complexity index is 650. The van der Waals surface area contributed by atoms with Crippen molar-refractivity contribution in [1.29, 1.82) is 0 Å². The lowest BCUT2D eigenvalue weighted by atomic mass is 10.3. The highest BCUT2D eigenvalue weighted by Crippen LogP contribution is 2.03. The van der Waals surface area contributed by atoms with Crippen molar-refractivity contribution in [3.8, 4) is 0 Å². The standard InChI is InChI=1S/C14H20FN7/c1-4-16-14(18-8-12-11(15)6-5-7-17-12)19-9-13-21-20-10(2)22(13)3/h5-7H,4,8-9H2,1-3H3,(H2,16,18,19). The van der Waals surface area contributed by atoms with Crippen LogP contribution in [0.2, 0.25) is 0 Å². The zero-order valence-corrected chi connectivity index (χ0v) is 13.0. The molecule has 0 aliphatic rings. The van der Waals surface area contributed by atoms with E-state index in [9.17, 15) is 4.39 Å². The lowest BCUT2D eigenvalue weighted by Crippen LogP contribution is -2.37. The first-order valence-corrected chi connectivity index (χ1v) is 7.08. The molecule has 2 aromatic rings. The van der Waals surface area contributed by atoms with Crippen LogP contribution in [0.5, 0.6) is 0 Å². The van der Waals surface area contributed by atoms with E-state index >= 15 is 0 Å². The maximum absolute atomic E-state index is 13.5. The molecule has 0 spiro atoms. The third-order valence-corrected chi connectivity index (χ3v) is 3.16. The minimum atomic E-state index is -0.356. The zero-order chi connectivity index (χ0) is 15.9. The van der Waals surface area contributed by atoms with E-state index in [-0.39, 0.29) is 12.4 Å². The van der Waals surface area contributed by atoms with Gasteiger partial charge in [0.1, 0.15) is 11.6 Å². The zero-order valence-electron chi connectivity index (χ0n) is 13.0. The van der Waals surface area contributed by atoms with Gasteiger partial charge >= 0.3 is 0 Å². The fourth-order valence-corrected chi connectivity index (χ4v) is 1.80. The summed E-state index contributed by atoms with van der Waals surface area (Å²) < 4.78 is 15.4. The SMILES string of the molecule is CCNC(=NCc1ncccc1F)NCc1nnc(C)n1C. The Balaban J connectivity index is 2.01. The van der Waals surface area contributed by atoms with Gasteiger partial charge < -0.3 is 15.2 Å². The van der Waals surface area contributed by atoms with Gasteiger partial charge in [-0.25, -0.2) is 9.38 Å². The summed E-state index contributed by atoms with van der Waals surface area (Å²) in [6.45, 7) is 5.20. The second kappa shape index (κ2) is 7.48. The molecule has 7 nitrogen and oxygen atoms in total. The van der Waals surface area contributed by atoms with Crippen molar-refractivity contribution in [2.24, 2.45) is 12.0 Å². The van der Waals surface area contributed by atoms with Crippen molar-refractivity contribution in [3.63, 3.8) is 0 Å². The third kappa shape index (κ3) is 4.00. The lowest BCUT2D eigenvalue weighted by Gasteiger charge is -2.11. The van der Waals surface area contributed by atoms with Crippen LogP contribution in [0.1, 0.15) is 24.3 Å². The molecule has 0 radical (unpaired) electrons. The topological polar surface area (TPSA) is 80.0 Å². The van der Waals surface area contributed by atoms with Gasteiger partial charge in [-0.05, 0) is 26.0 Å². The Morgan fingerprint density at radius 2 is 2.18 bits per heavy atom. The second-order valence-corrected chi connectivity index (χ2v) is 4.70. The van der Waals surface area contributed by atoms with Gasteiger partial charge in [0.15, 0.2) is 11.8 Å². The number of aromatic nitrogens is 4. The van der Waals surface area contributed by atoms with E-state index in [0.29, 0.717) is 24.7 Å². The van der Waals surface area contributed by atoms with Crippen LogP contribution in [0.25, 0.3) is 0 Å². The van der Waals surface area contributed by atoms with E-state index in [4.69, 9.17) is 0 Å². The molecule has 0 aliphatic heterocycles. The summed E-state index contributed by atoms with van der Waals surface area (Å²) in [6.07, 6.45) is 1.55. The maximum atomic E-state index is 13.5. The number of rotatable bonds is 5. The summed E-state index contributed by atoms with van der Waals surface area (Å²) in [5.41, 5.74) is 0.314. The van der Waals surface area contributed by atoms with Crippen molar-refractivity contribution in [3.05, 3.63) is 41.5 Å². The Labute approximate surface area is 128 Å². The van der Waals surface area contributed by atoms with Gasteiger partial charge in [0.25, 0.3) is 0 Å². The molecule has 0 aliphatic carbocycles. The molecule has 0 bridgehead atoms. The lowest BCUT2D eigenvalue weighted by molar-refractivity contribution is 0.599.